The summed E-state index contributed by atoms with van der Waals surface area (Å²) < 4.78 is 10.7. The maximum absolute atomic E-state index is 12.7. The van der Waals surface area contributed by atoms with Crippen molar-refractivity contribution in [3.8, 4) is 17.2 Å². The number of thioether (sulfide) groups is 2. The predicted octanol–water partition coefficient (Wildman–Crippen LogP) is 4.73. The molecule has 0 fully saturated rings. The van der Waals surface area contributed by atoms with Crippen LogP contribution in [0.3, 0.4) is 0 Å². The van der Waals surface area contributed by atoms with Crippen LogP contribution in [0.4, 0.5) is 0 Å². The first-order valence-corrected chi connectivity index (χ1v) is 13.9. The highest BCUT2D eigenvalue weighted by Gasteiger charge is 2.21. The Labute approximate surface area is 234 Å². The summed E-state index contributed by atoms with van der Waals surface area (Å²) in [5.74, 6) is -1.93. The van der Waals surface area contributed by atoms with Gasteiger partial charge in [-0.05, 0) is 55.8 Å². The molecule has 3 aromatic carbocycles. The van der Waals surface area contributed by atoms with E-state index in [0.29, 0.717) is 0 Å². The quantitative estimate of drug-likeness (QED) is 0.303. The van der Waals surface area contributed by atoms with Crippen molar-refractivity contribution in [2.75, 3.05) is 12.5 Å². The lowest BCUT2D eigenvalue weighted by atomic mass is 10.2. The van der Waals surface area contributed by atoms with Crippen LogP contribution in [0.5, 0.6) is 17.2 Å². The molecule has 2 N–H and O–H groups in total. The highest BCUT2D eigenvalue weighted by Crippen LogP contribution is 2.27. The summed E-state index contributed by atoms with van der Waals surface area (Å²) in [5.41, 5.74) is 0.228. The molecule has 3 rings (SSSR count). The Hall–Kier alpha value is -4.09. The Balaban J connectivity index is 0.000000455. The molecule has 0 bridgehead atoms. The largest absolute Gasteiger partial charge is 0.507 e. The molecule has 0 aliphatic carbocycles. The third kappa shape index (κ3) is 9.31. The summed E-state index contributed by atoms with van der Waals surface area (Å²) >= 11 is 2.12. The number of phenols is 1. The first-order chi connectivity index (χ1) is 18.6. The van der Waals surface area contributed by atoms with Crippen LogP contribution in [0, 0.1) is 0 Å². The van der Waals surface area contributed by atoms with E-state index in [1.165, 1.54) is 37.3 Å². The van der Waals surface area contributed by atoms with Crippen molar-refractivity contribution in [3.05, 3.63) is 89.5 Å². The topological polar surface area (TPSA) is 136 Å². The fourth-order valence-corrected chi connectivity index (χ4v) is 3.86. The summed E-state index contributed by atoms with van der Waals surface area (Å²) in [6.07, 6.45) is 3.33. The lowest BCUT2D eigenvalue weighted by Gasteiger charge is -2.12. The van der Waals surface area contributed by atoms with Crippen LogP contribution in [-0.4, -0.2) is 51.7 Å². The molecular formula is C28H27NO8S2. The molecule has 1 atom stereocenters. The van der Waals surface area contributed by atoms with Crippen LogP contribution in [0.1, 0.15) is 44.9 Å². The van der Waals surface area contributed by atoms with Crippen molar-refractivity contribution in [1.29, 1.82) is 0 Å². The number of ether oxygens (including phenoxy) is 2. The number of para-hydroxylation sites is 3. The minimum atomic E-state index is -0.818. The van der Waals surface area contributed by atoms with Crippen molar-refractivity contribution in [2.24, 2.45) is 0 Å². The number of hydrogen-bond donors (Lipinski definition) is 2. The molecule has 0 radical (unpaired) electrons. The predicted molar refractivity (Wildman–Crippen MR) is 151 cm³/mol. The number of carbonyl (C=O) groups excluding carboxylic acids is 5. The summed E-state index contributed by atoms with van der Waals surface area (Å²) in [6.45, 7) is 3.06. The Morgan fingerprint density at radius 3 is 1.69 bits per heavy atom. The molecule has 39 heavy (non-hydrogen) atoms. The molecule has 0 aliphatic rings. The minimum absolute atomic E-state index is 0.00248. The van der Waals surface area contributed by atoms with Gasteiger partial charge >= 0.3 is 11.9 Å². The molecule has 1 amide bonds. The van der Waals surface area contributed by atoms with Gasteiger partial charge in [0.1, 0.15) is 28.4 Å². The molecule has 204 valence electrons. The van der Waals surface area contributed by atoms with Crippen LogP contribution in [-0.2, 0) is 9.59 Å². The number of esters is 2. The highest BCUT2D eigenvalue weighted by molar-refractivity contribution is 8.13. The van der Waals surface area contributed by atoms with Gasteiger partial charge in [-0.1, -0.05) is 59.9 Å². The van der Waals surface area contributed by atoms with E-state index in [4.69, 9.17) is 9.47 Å². The van der Waals surface area contributed by atoms with Crippen LogP contribution in [0.15, 0.2) is 72.8 Å². The number of amides is 1. The zero-order valence-corrected chi connectivity index (χ0v) is 23.3. The van der Waals surface area contributed by atoms with E-state index in [2.05, 4.69) is 5.32 Å². The van der Waals surface area contributed by atoms with Crippen molar-refractivity contribution in [2.45, 2.75) is 19.9 Å². The summed E-state index contributed by atoms with van der Waals surface area (Å²) in [6, 6.07) is 18.0. The van der Waals surface area contributed by atoms with E-state index in [0.717, 1.165) is 23.5 Å². The second kappa shape index (κ2) is 15.4. The second-order valence-electron chi connectivity index (χ2n) is 7.73. The molecule has 3 aromatic rings. The van der Waals surface area contributed by atoms with E-state index < -0.39 is 11.9 Å². The molecule has 0 heterocycles. The van der Waals surface area contributed by atoms with Gasteiger partial charge in [-0.15, -0.1) is 0 Å². The third-order valence-electron chi connectivity index (χ3n) is 4.90. The average Bonchev–Trinajstić information content (AvgIpc) is 2.92. The molecule has 1 unspecified atom stereocenters. The number of rotatable bonds is 7. The first kappa shape index (κ1) is 31.1. The molecule has 0 saturated carbocycles. The molecule has 0 aromatic heterocycles. The van der Waals surface area contributed by atoms with E-state index in [-0.39, 0.29) is 56.1 Å². The van der Waals surface area contributed by atoms with Gasteiger partial charge in [0.15, 0.2) is 0 Å². The summed E-state index contributed by atoms with van der Waals surface area (Å²) in [5, 5.41) is 12.0. The van der Waals surface area contributed by atoms with Crippen LogP contribution in [0.2, 0.25) is 0 Å². The second-order valence-corrected chi connectivity index (χ2v) is 9.32. The van der Waals surface area contributed by atoms with Gasteiger partial charge in [0.05, 0.1) is 11.6 Å². The van der Waals surface area contributed by atoms with E-state index in [1.54, 1.807) is 61.9 Å². The van der Waals surface area contributed by atoms with Crippen molar-refractivity contribution < 1.29 is 38.6 Å². The number of benzene rings is 3. The first-order valence-electron chi connectivity index (χ1n) is 11.4. The van der Waals surface area contributed by atoms with Gasteiger partial charge < -0.3 is 19.9 Å². The van der Waals surface area contributed by atoms with Crippen LogP contribution in [0.25, 0.3) is 0 Å². The van der Waals surface area contributed by atoms with Gasteiger partial charge in [0.25, 0.3) is 0 Å². The van der Waals surface area contributed by atoms with Gasteiger partial charge in [-0.25, -0.2) is 9.59 Å². The molecule has 9 nitrogen and oxygen atoms in total. The van der Waals surface area contributed by atoms with Crippen LogP contribution >= 0.6 is 23.5 Å². The van der Waals surface area contributed by atoms with Gasteiger partial charge in [0, 0.05) is 6.92 Å². The maximum atomic E-state index is 12.7. The van der Waals surface area contributed by atoms with Gasteiger partial charge in [-0.2, -0.15) is 0 Å². The van der Waals surface area contributed by atoms with Gasteiger partial charge in [0.2, 0.25) is 16.1 Å². The SMILES string of the molecule is CSC(=O)C(C)NC(C)=O.CSC(=O)c1ccccc1OC(=O)c1ccccc1OC(=O)c1ccccc1O. The number of nitrogens with one attached hydrogen (secondary N) is 1. The average molecular weight is 570 g/mol. The van der Waals surface area contributed by atoms with E-state index in [1.807, 2.05) is 0 Å². The fourth-order valence-electron chi connectivity index (χ4n) is 3.06. The lowest BCUT2D eigenvalue weighted by Crippen LogP contribution is -2.35. The van der Waals surface area contributed by atoms with Crippen molar-refractivity contribution in [3.63, 3.8) is 0 Å². The maximum Gasteiger partial charge on any atom is 0.347 e. The Kier molecular flexibility index (Phi) is 12.3. The zero-order chi connectivity index (χ0) is 28.9. The van der Waals surface area contributed by atoms with Gasteiger partial charge in [-0.3, -0.25) is 14.4 Å². The smallest absolute Gasteiger partial charge is 0.347 e. The zero-order valence-electron chi connectivity index (χ0n) is 21.6. The molecule has 0 aliphatic heterocycles. The minimum Gasteiger partial charge on any atom is -0.507 e. The normalized spacial score (nSPS) is 10.8. The van der Waals surface area contributed by atoms with Crippen molar-refractivity contribution >= 4 is 51.6 Å². The molecule has 11 heteroatoms. The highest BCUT2D eigenvalue weighted by atomic mass is 32.2. The summed E-state index contributed by atoms with van der Waals surface area (Å²) in [4.78, 5) is 58.3. The van der Waals surface area contributed by atoms with E-state index >= 15 is 0 Å². The monoisotopic (exact) mass is 569 g/mol. The molecule has 0 spiro atoms. The summed E-state index contributed by atoms with van der Waals surface area (Å²) in [7, 11) is 0. The third-order valence-corrected chi connectivity index (χ3v) is 6.25. The Morgan fingerprint density at radius 1 is 0.718 bits per heavy atom. The number of carbonyl (C=O) groups is 5. The Bertz CT molecular complexity index is 1360. The van der Waals surface area contributed by atoms with E-state index in [9.17, 15) is 29.1 Å². The molecular weight excluding hydrogens is 542 g/mol. The lowest BCUT2D eigenvalue weighted by molar-refractivity contribution is -0.122. The standard InChI is InChI=1S/C22H16O6S.C6H11NO2S/c1-29-22(26)16-10-4-7-13-19(16)28-21(25)15-9-3-6-12-18(15)27-20(24)14-8-2-5-11-17(14)23;1-4(6(9)10-3)7-5(2)8/h2-13,23H,1H3;4H,1-3H3,(H,7,8). The number of aromatic hydroxyl groups is 1. The number of hydrogen-bond acceptors (Lipinski definition) is 10. The fraction of sp³-hybridized carbons (Fsp3) is 0.179. The Morgan fingerprint density at radius 2 is 1.18 bits per heavy atom. The van der Waals surface area contributed by atoms with Crippen LogP contribution < -0.4 is 14.8 Å². The molecule has 0 saturated heterocycles. The van der Waals surface area contributed by atoms with Crippen molar-refractivity contribution in [1.82, 2.24) is 5.32 Å². The number of phenolic OH excluding ortho intramolecular Hbond substituents is 1.